The van der Waals surface area contributed by atoms with Gasteiger partial charge >= 0.3 is 6.09 Å². The molecule has 0 radical (unpaired) electrons. The fourth-order valence-electron chi connectivity index (χ4n) is 3.26. The van der Waals surface area contributed by atoms with Crippen molar-refractivity contribution in [3.63, 3.8) is 0 Å². The molecule has 1 N–H and O–H groups in total. The summed E-state index contributed by atoms with van der Waals surface area (Å²) < 4.78 is 4.99. The van der Waals surface area contributed by atoms with E-state index in [1.807, 2.05) is 0 Å². The molecule has 1 aliphatic heterocycles. The Morgan fingerprint density at radius 3 is 2.32 bits per heavy atom. The molecule has 8 nitrogen and oxygen atoms in total. The number of aromatic nitrogens is 2. The molecule has 8 heteroatoms. The van der Waals surface area contributed by atoms with Crippen molar-refractivity contribution in [1.82, 2.24) is 19.8 Å². The van der Waals surface area contributed by atoms with Crippen molar-refractivity contribution < 1.29 is 14.3 Å². The molecule has 0 aromatic carbocycles. The zero-order chi connectivity index (χ0) is 17.6. The molecule has 1 saturated heterocycles. The monoisotopic (exact) mass is 347 g/mol. The zero-order valence-corrected chi connectivity index (χ0v) is 14.6. The Bertz CT molecular complexity index is 593. The van der Waals surface area contributed by atoms with Crippen molar-refractivity contribution >= 4 is 17.9 Å². The molecule has 1 aliphatic carbocycles. The maximum Gasteiger partial charge on any atom is 0.409 e. The van der Waals surface area contributed by atoms with Gasteiger partial charge in [-0.25, -0.2) is 14.8 Å². The molecule has 0 atom stereocenters. The van der Waals surface area contributed by atoms with Gasteiger partial charge in [-0.15, -0.1) is 0 Å². The highest BCUT2D eigenvalue weighted by atomic mass is 16.6. The molecule has 136 valence electrons. The maximum absolute atomic E-state index is 12.5. The summed E-state index contributed by atoms with van der Waals surface area (Å²) in [6.45, 7) is 4.07. The molecule has 2 fully saturated rings. The van der Waals surface area contributed by atoms with Gasteiger partial charge in [-0.2, -0.15) is 0 Å². The van der Waals surface area contributed by atoms with Crippen LogP contribution in [0.25, 0.3) is 0 Å². The summed E-state index contributed by atoms with van der Waals surface area (Å²) in [5.41, 5.74) is 0.474. The molecule has 0 bridgehead atoms. The van der Waals surface area contributed by atoms with Crippen LogP contribution in [-0.2, 0) is 4.74 Å². The quantitative estimate of drug-likeness (QED) is 0.893. The van der Waals surface area contributed by atoms with Gasteiger partial charge in [0.2, 0.25) is 5.95 Å². The minimum Gasteiger partial charge on any atom is -0.450 e. The van der Waals surface area contributed by atoms with E-state index in [1.54, 1.807) is 29.1 Å². The number of hydrogen-bond donors (Lipinski definition) is 1. The van der Waals surface area contributed by atoms with Crippen LogP contribution in [0.15, 0.2) is 12.4 Å². The number of nitrogens with one attached hydrogen (secondary N) is 1. The minimum absolute atomic E-state index is 0.101. The lowest BCUT2D eigenvalue weighted by Crippen LogP contribution is -2.50. The lowest BCUT2D eigenvalue weighted by molar-refractivity contribution is 0.0570. The summed E-state index contributed by atoms with van der Waals surface area (Å²) in [7, 11) is 0. The van der Waals surface area contributed by atoms with Crippen LogP contribution in [-0.4, -0.2) is 70.6 Å². The second-order valence-electron chi connectivity index (χ2n) is 6.40. The molecule has 2 amide bonds. The fraction of sp³-hybridized carbons (Fsp3) is 0.647. The first-order chi connectivity index (χ1) is 12.2. The summed E-state index contributed by atoms with van der Waals surface area (Å²) in [5, 5.41) is 3.31. The first kappa shape index (κ1) is 17.4. The van der Waals surface area contributed by atoms with Crippen molar-refractivity contribution in [3.05, 3.63) is 18.0 Å². The number of anilines is 1. The highest BCUT2D eigenvalue weighted by Crippen LogP contribution is 2.20. The summed E-state index contributed by atoms with van der Waals surface area (Å²) in [4.78, 5) is 36.1. The maximum atomic E-state index is 12.5. The average Bonchev–Trinajstić information content (AvgIpc) is 3.15. The zero-order valence-electron chi connectivity index (χ0n) is 14.6. The highest BCUT2D eigenvalue weighted by molar-refractivity contribution is 5.93. The lowest BCUT2D eigenvalue weighted by Gasteiger charge is -2.34. The molecule has 0 unspecified atom stereocenters. The molecule has 25 heavy (non-hydrogen) atoms. The number of carbonyl (C=O) groups is 2. The molecule has 0 spiro atoms. The van der Waals surface area contributed by atoms with E-state index >= 15 is 0 Å². The third-order valence-corrected chi connectivity index (χ3v) is 4.68. The Kier molecular flexibility index (Phi) is 5.67. The average molecular weight is 347 g/mol. The van der Waals surface area contributed by atoms with Crippen LogP contribution < -0.4 is 5.32 Å². The number of hydrogen-bond acceptors (Lipinski definition) is 6. The Labute approximate surface area is 147 Å². The van der Waals surface area contributed by atoms with Gasteiger partial charge in [0, 0.05) is 44.6 Å². The van der Waals surface area contributed by atoms with E-state index in [1.165, 1.54) is 12.8 Å². The van der Waals surface area contributed by atoms with Gasteiger partial charge in [-0.1, -0.05) is 12.8 Å². The summed E-state index contributed by atoms with van der Waals surface area (Å²) >= 11 is 0. The first-order valence-corrected chi connectivity index (χ1v) is 8.97. The van der Waals surface area contributed by atoms with Gasteiger partial charge in [-0.05, 0) is 19.8 Å². The standard InChI is InChI=1S/C17H25N5O3/c1-2-25-17(24)22-9-7-21(8-10-22)15(23)13-11-18-16(19-12-13)20-14-5-3-4-6-14/h11-12,14H,2-10H2,1H3,(H,18,19,20). The van der Waals surface area contributed by atoms with Crippen LogP contribution in [0.4, 0.5) is 10.7 Å². The van der Waals surface area contributed by atoms with E-state index in [0.29, 0.717) is 50.3 Å². The molecular weight excluding hydrogens is 322 g/mol. The van der Waals surface area contributed by atoms with Crippen molar-refractivity contribution in [2.45, 2.75) is 38.6 Å². The second kappa shape index (κ2) is 8.13. The Balaban J connectivity index is 1.52. The largest absolute Gasteiger partial charge is 0.450 e. The lowest BCUT2D eigenvalue weighted by atomic mass is 10.2. The predicted octanol–water partition coefficient (Wildman–Crippen LogP) is 1.75. The van der Waals surface area contributed by atoms with E-state index in [4.69, 9.17) is 4.74 Å². The third-order valence-electron chi connectivity index (χ3n) is 4.68. The molecule has 1 saturated carbocycles. The van der Waals surface area contributed by atoms with Crippen molar-refractivity contribution in [2.24, 2.45) is 0 Å². The summed E-state index contributed by atoms with van der Waals surface area (Å²) in [6.07, 6.45) is 7.61. The smallest absolute Gasteiger partial charge is 0.409 e. The van der Waals surface area contributed by atoms with Gasteiger partial charge in [0.15, 0.2) is 0 Å². The Morgan fingerprint density at radius 1 is 1.12 bits per heavy atom. The van der Waals surface area contributed by atoms with Crippen LogP contribution in [0.2, 0.25) is 0 Å². The number of amides is 2. The highest BCUT2D eigenvalue weighted by Gasteiger charge is 2.26. The van der Waals surface area contributed by atoms with E-state index < -0.39 is 0 Å². The molecule has 1 aromatic rings. The second-order valence-corrected chi connectivity index (χ2v) is 6.40. The number of ether oxygens (including phenoxy) is 1. The van der Waals surface area contributed by atoms with Crippen LogP contribution in [0, 0.1) is 0 Å². The number of piperazine rings is 1. The van der Waals surface area contributed by atoms with Crippen LogP contribution >= 0.6 is 0 Å². The van der Waals surface area contributed by atoms with Gasteiger partial charge in [0.05, 0.1) is 12.2 Å². The molecule has 3 rings (SSSR count). The number of nitrogens with zero attached hydrogens (tertiary/aromatic N) is 4. The summed E-state index contributed by atoms with van der Waals surface area (Å²) in [6, 6.07) is 0.442. The topological polar surface area (TPSA) is 87.7 Å². The first-order valence-electron chi connectivity index (χ1n) is 8.97. The van der Waals surface area contributed by atoms with E-state index in [9.17, 15) is 9.59 Å². The number of rotatable bonds is 4. The van der Waals surface area contributed by atoms with Crippen LogP contribution in [0.1, 0.15) is 43.0 Å². The van der Waals surface area contributed by atoms with Crippen LogP contribution in [0.5, 0.6) is 0 Å². The summed E-state index contributed by atoms with van der Waals surface area (Å²) in [5.74, 6) is 0.478. The van der Waals surface area contributed by atoms with Gasteiger partial charge in [0.25, 0.3) is 5.91 Å². The third kappa shape index (κ3) is 4.37. The normalized spacial score (nSPS) is 18.3. The van der Waals surface area contributed by atoms with Gasteiger partial charge < -0.3 is 19.9 Å². The molecule has 2 heterocycles. The van der Waals surface area contributed by atoms with E-state index in [-0.39, 0.29) is 12.0 Å². The SMILES string of the molecule is CCOC(=O)N1CCN(C(=O)c2cnc(NC3CCCC3)nc2)CC1. The van der Waals surface area contributed by atoms with Gasteiger partial charge in [-0.3, -0.25) is 4.79 Å². The van der Waals surface area contributed by atoms with Crippen LogP contribution in [0.3, 0.4) is 0 Å². The van der Waals surface area contributed by atoms with Crippen molar-refractivity contribution in [1.29, 1.82) is 0 Å². The van der Waals surface area contributed by atoms with Crippen molar-refractivity contribution in [2.75, 3.05) is 38.1 Å². The Hall–Kier alpha value is -2.38. The number of carbonyl (C=O) groups excluding carboxylic acids is 2. The van der Waals surface area contributed by atoms with E-state index in [2.05, 4.69) is 15.3 Å². The Morgan fingerprint density at radius 2 is 1.72 bits per heavy atom. The van der Waals surface area contributed by atoms with Gasteiger partial charge in [0.1, 0.15) is 0 Å². The minimum atomic E-state index is -0.319. The molecule has 2 aliphatic rings. The molecule has 1 aromatic heterocycles. The molecular formula is C17H25N5O3. The predicted molar refractivity (Wildman–Crippen MR) is 92.4 cm³/mol. The fourth-order valence-corrected chi connectivity index (χ4v) is 3.26. The van der Waals surface area contributed by atoms with E-state index in [0.717, 1.165) is 12.8 Å². The van der Waals surface area contributed by atoms with Crippen molar-refractivity contribution in [3.8, 4) is 0 Å².